The van der Waals surface area contributed by atoms with E-state index in [9.17, 15) is 18.0 Å². The molecule has 9 nitrogen and oxygen atoms in total. The molecule has 0 radical (unpaired) electrons. The second kappa shape index (κ2) is 9.87. The van der Waals surface area contributed by atoms with E-state index in [1.807, 2.05) is 6.07 Å². The van der Waals surface area contributed by atoms with Gasteiger partial charge in [-0.05, 0) is 37.3 Å². The molecule has 2 N–H and O–H groups in total. The van der Waals surface area contributed by atoms with Crippen molar-refractivity contribution in [2.75, 3.05) is 18.6 Å². The van der Waals surface area contributed by atoms with E-state index >= 15 is 0 Å². The number of carbonyl (C=O) groups is 2. The van der Waals surface area contributed by atoms with Crippen molar-refractivity contribution in [2.24, 2.45) is 5.14 Å². The first-order valence-corrected chi connectivity index (χ1v) is 10.4. The summed E-state index contributed by atoms with van der Waals surface area (Å²) in [5, 5.41) is 14.0. The maximum Gasteiger partial charge on any atom is 0.342 e. The number of ether oxygens (including phenoxy) is 2. The Bertz CT molecular complexity index is 1060. The fourth-order valence-electron chi connectivity index (χ4n) is 2.65. The number of carbonyl (C=O) groups excluding carboxylic acids is 2. The molecule has 2 rings (SSSR count). The molecule has 2 aromatic carbocycles. The highest BCUT2D eigenvalue weighted by Gasteiger charge is 2.27. The summed E-state index contributed by atoms with van der Waals surface area (Å²) in [6, 6.07) is 14.1. The molecule has 0 saturated carbocycles. The molecule has 0 aliphatic heterocycles. The number of rotatable bonds is 8. The molecular formula is C20H21N3O6S. The molecule has 0 aliphatic rings. The van der Waals surface area contributed by atoms with Crippen LogP contribution in [-0.4, -0.2) is 40.1 Å². The van der Waals surface area contributed by atoms with Gasteiger partial charge in [0.05, 0.1) is 24.5 Å². The topological polar surface area (TPSA) is 140 Å². The van der Waals surface area contributed by atoms with Crippen molar-refractivity contribution in [3.05, 3.63) is 54.1 Å². The predicted octanol–water partition coefficient (Wildman–Crippen LogP) is 1.83. The maximum absolute atomic E-state index is 12.9. The van der Waals surface area contributed by atoms with Crippen molar-refractivity contribution in [3.8, 4) is 11.8 Å². The SMILES string of the molecule is COc1ccc(S(N)(=O)=O)cc1C(=O)O[C@@H](C)C(=O)N(CCC#N)c1ccccc1. The predicted molar refractivity (Wildman–Crippen MR) is 108 cm³/mol. The Morgan fingerprint density at radius 2 is 1.87 bits per heavy atom. The van der Waals surface area contributed by atoms with Gasteiger partial charge in [-0.1, -0.05) is 18.2 Å². The molecule has 0 heterocycles. The molecule has 0 spiro atoms. The van der Waals surface area contributed by atoms with Crippen LogP contribution in [0, 0.1) is 11.3 Å². The van der Waals surface area contributed by atoms with Gasteiger partial charge in [0.1, 0.15) is 11.3 Å². The van der Waals surface area contributed by atoms with Gasteiger partial charge in [0.2, 0.25) is 10.0 Å². The van der Waals surface area contributed by atoms with Crippen molar-refractivity contribution in [2.45, 2.75) is 24.3 Å². The van der Waals surface area contributed by atoms with Crippen LogP contribution >= 0.6 is 0 Å². The van der Waals surface area contributed by atoms with Gasteiger partial charge in [0.15, 0.2) is 6.10 Å². The third kappa shape index (κ3) is 5.56. The zero-order valence-electron chi connectivity index (χ0n) is 16.4. The molecular weight excluding hydrogens is 410 g/mol. The van der Waals surface area contributed by atoms with Crippen LogP contribution in [0.15, 0.2) is 53.4 Å². The molecule has 0 unspecified atom stereocenters. The second-order valence-corrected chi connectivity index (χ2v) is 7.75. The highest BCUT2D eigenvalue weighted by molar-refractivity contribution is 7.89. The van der Waals surface area contributed by atoms with E-state index in [4.69, 9.17) is 19.9 Å². The number of sulfonamides is 1. The number of amides is 1. The van der Waals surface area contributed by atoms with E-state index in [2.05, 4.69) is 0 Å². The Hall–Kier alpha value is -3.42. The van der Waals surface area contributed by atoms with Crippen LogP contribution in [0.2, 0.25) is 0 Å². The van der Waals surface area contributed by atoms with Crippen molar-refractivity contribution >= 4 is 27.6 Å². The van der Waals surface area contributed by atoms with E-state index in [0.717, 1.165) is 6.07 Å². The number of esters is 1. The molecule has 30 heavy (non-hydrogen) atoms. The van der Waals surface area contributed by atoms with E-state index < -0.39 is 28.0 Å². The van der Waals surface area contributed by atoms with Gasteiger partial charge in [0, 0.05) is 12.2 Å². The lowest BCUT2D eigenvalue weighted by atomic mass is 10.2. The van der Waals surface area contributed by atoms with E-state index in [0.29, 0.717) is 5.69 Å². The van der Waals surface area contributed by atoms with E-state index in [1.54, 1.807) is 30.3 Å². The highest BCUT2D eigenvalue weighted by Crippen LogP contribution is 2.24. The summed E-state index contributed by atoms with van der Waals surface area (Å²) in [6.45, 7) is 1.50. The highest BCUT2D eigenvalue weighted by atomic mass is 32.2. The number of para-hydroxylation sites is 1. The summed E-state index contributed by atoms with van der Waals surface area (Å²) in [6.07, 6.45) is -1.12. The molecule has 0 aliphatic carbocycles. The minimum Gasteiger partial charge on any atom is -0.496 e. The number of nitrogens with two attached hydrogens (primary N) is 1. The average molecular weight is 431 g/mol. The van der Waals surface area contributed by atoms with Crippen LogP contribution in [-0.2, 0) is 19.6 Å². The van der Waals surface area contributed by atoms with Crippen molar-refractivity contribution in [3.63, 3.8) is 0 Å². The van der Waals surface area contributed by atoms with Crippen LogP contribution in [0.1, 0.15) is 23.7 Å². The molecule has 2 aromatic rings. The number of hydrogen-bond acceptors (Lipinski definition) is 7. The van der Waals surface area contributed by atoms with E-state index in [-0.39, 0.29) is 29.2 Å². The van der Waals surface area contributed by atoms with Crippen LogP contribution in [0.5, 0.6) is 5.75 Å². The second-order valence-electron chi connectivity index (χ2n) is 6.19. The molecule has 0 bridgehead atoms. The Morgan fingerprint density at radius 3 is 2.43 bits per heavy atom. The molecule has 10 heteroatoms. The monoisotopic (exact) mass is 431 g/mol. The lowest BCUT2D eigenvalue weighted by Gasteiger charge is -2.25. The Labute approximate surface area is 174 Å². The first kappa shape index (κ1) is 22.9. The zero-order valence-corrected chi connectivity index (χ0v) is 17.3. The van der Waals surface area contributed by atoms with Crippen LogP contribution < -0.4 is 14.8 Å². The lowest BCUT2D eigenvalue weighted by molar-refractivity contribution is -0.126. The number of primary sulfonamides is 1. The molecule has 0 aromatic heterocycles. The zero-order chi connectivity index (χ0) is 22.3. The first-order valence-electron chi connectivity index (χ1n) is 8.84. The number of nitrogens with zero attached hydrogens (tertiary/aromatic N) is 2. The fourth-order valence-corrected chi connectivity index (χ4v) is 3.19. The smallest absolute Gasteiger partial charge is 0.342 e. The van der Waals surface area contributed by atoms with E-state index in [1.165, 1.54) is 31.1 Å². The summed E-state index contributed by atoms with van der Waals surface area (Å²) in [5.41, 5.74) is 0.362. The standard InChI is InChI=1S/C20H21N3O6S/c1-14(19(24)23(12-6-11-21)15-7-4-3-5-8-15)29-20(25)17-13-16(30(22,26)27)9-10-18(17)28-2/h3-5,7-10,13-14H,6,12H2,1-2H3,(H2,22,26,27)/t14-/m0/s1. The van der Waals surface area contributed by atoms with Gasteiger partial charge < -0.3 is 14.4 Å². The first-order chi connectivity index (χ1) is 14.2. The lowest BCUT2D eigenvalue weighted by Crippen LogP contribution is -2.40. The maximum atomic E-state index is 12.9. The quantitative estimate of drug-likeness (QED) is 0.629. The summed E-state index contributed by atoms with van der Waals surface area (Å²) in [7, 11) is -2.76. The molecule has 158 valence electrons. The largest absolute Gasteiger partial charge is 0.496 e. The fraction of sp³-hybridized carbons (Fsp3) is 0.250. The number of methoxy groups -OCH3 is 1. The summed E-state index contributed by atoms with van der Waals surface area (Å²) in [4.78, 5) is 26.6. The van der Waals surface area contributed by atoms with Crippen LogP contribution in [0.3, 0.4) is 0 Å². The van der Waals surface area contributed by atoms with Crippen molar-refractivity contribution in [1.82, 2.24) is 0 Å². The normalized spacial score (nSPS) is 11.8. The van der Waals surface area contributed by atoms with Gasteiger partial charge in [-0.2, -0.15) is 5.26 Å². The average Bonchev–Trinajstić information content (AvgIpc) is 2.73. The van der Waals surface area contributed by atoms with Crippen molar-refractivity contribution < 1.29 is 27.5 Å². The summed E-state index contributed by atoms with van der Waals surface area (Å²) >= 11 is 0. The number of nitriles is 1. The number of benzene rings is 2. The van der Waals surface area contributed by atoms with Gasteiger partial charge in [-0.3, -0.25) is 4.79 Å². The van der Waals surface area contributed by atoms with Gasteiger partial charge in [-0.15, -0.1) is 0 Å². The van der Waals surface area contributed by atoms with Crippen LogP contribution in [0.25, 0.3) is 0 Å². The summed E-state index contributed by atoms with van der Waals surface area (Å²) in [5.74, 6) is -1.42. The Kier molecular flexibility index (Phi) is 7.52. The minimum absolute atomic E-state index is 0.0662. The molecule has 1 atom stereocenters. The summed E-state index contributed by atoms with van der Waals surface area (Å²) < 4.78 is 33.5. The third-order valence-electron chi connectivity index (χ3n) is 4.13. The number of hydrogen-bond donors (Lipinski definition) is 1. The third-order valence-corrected chi connectivity index (χ3v) is 5.04. The Balaban J connectivity index is 2.27. The number of anilines is 1. The van der Waals surface area contributed by atoms with Crippen LogP contribution in [0.4, 0.5) is 5.69 Å². The molecule has 0 saturated heterocycles. The Morgan fingerprint density at radius 1 is 1.20 bits per heavy atom. The van der Waals surface area contributed by atoms with Crippen molar-refractivity contribution in [1.29, 1.82) is 5.26 Å². The molecule has 0 fully saturated rings. The van der Waals surface area contributed by atoms with Gasteiger partial charge >= 0.3 is 5.97 Å². The molecule has 1 amide bonds. The minimum atomic E-state index is -4.06. The van der Waals surface area contributed by atoms with Gasteiger partial charge in [-0.25, -0.2) is 18.4 Å². The van der Waals surface area contributed by atoms with Gasteiger partial charge in [0.25, 0.3) is 5.91 Å².